The van der Waals surface area contributed by atoms with E-state index >= 15 is 0 Å². The van der Waals surface area contributed by atoms with E-state index in [4.69, 9.17) is 0 Å². The summed E-state index contributed by atoms with van der Waals surface area (Å²) in [5.41, 5.74) is 1.13. The Balaban J connectivity index is 2.85. The lowest BCUT2D eigenvalue weighted by Crippen LogP contribution is -2.49. The Hall–Kier alpha value is -0.840. The van der Waals surface area contributed by atoms with Gasteiger partial charge < -0.3 is 5.32 Å². The quantitative estimate of drug-likeness (QED) is 0.865. The number of hydrogen-bond acceptors (Lipinski definition) is 2. The highest BCUT2D eigenvalue weighted by molar-refractivity contribution is 9.09. The summed E-state index contributed by atoms with van der Waals surface area (Å²) in [6.45, 7) is 7.84. The van der Waals surface area contributed by atoms with E-state index in [9.17, 15) is 4.79 Å². The number of amides is 1. The molecule has 0 aliphatic rings. The summed E-state index contributed by atoms with van der Waals surface area (Å²) in [6.07, 6.45) is 0. The molecule has 1 heterocycles. The Kier molecular flexibility index (Phi) is 3.78. The number of carbonyl (C=O) groups excluding carboxylic acids is 1. The topological polar surface area (TPSA) is 46.9 Å². The van der Waals surface area contributed by atoms with Gasteiger partial charge in [-0.15, -0.1) is 0 Å². The lowest BCUT2D eigenvalue weighted by Gasteiger charge is -2.29. The van der Waals surface area contributed by atoms with Gasteiger partial charge in [-0.25, -0.2) is 0 Å². The van der Waals surface area contributed by atoms with Crippen LogP contribution in [0.5, 0.6) is 0 Å². The molecule has 0 aliphatic carbocycles. The van der Waals surface area contributed by atoms with Gasteiger partial charge >= 0.3 is 0 Å². The number of carbonyl (C=O) groups is 1. The summed E-state index contributed by atoms with van der Waals surface area (Å²) in [6, 6.07) is 1.78. The summed E-state index contributed by atoms with van der Waals surface area (Å²) in [5, 5.41) is 7.13. The van der Waals surface area contributed by atoms with Crippen molar-refractivity contribution in [3.05, 3.63) is 17.5 Å². The zero-order valence-electron chi connectivity index (χ0n) is 10.3. The molecule has 0 fully saturated rings. The lowest BCUT2D eigenvalue weighted by atomic mass is 10.0. The average molecular weight is 288 g/mol. The molecular weight excluding hydrogens is 270 g/mol. The molecule has 0 spiro atoms. The fourth-order valence-corrected chi connectivity index (χ4v) is 1.39. The minimum atomic E-state index is -0.296. The van der Waals surface area contributed by atoms with Crippen molar-refractivity contribution in [2.24, 2.45) is 7.05 Å². The number of aromatic nitrogens is 2. The number of hydrogen-bond donors (Lipinski definition) is 1. The molecule has 1 aromatic rings. The molecule has 16 heavy (non-hydrogen) atoms. The largest absolute Gasteiger partial charge is 0.345 e. The fourth-order valence-electron chi connectivity index (χ4n) is 1.28. The standard InChI is InChI=1S/C11H18BrN3O/c1-7-6-9(15(5)14-7)10(16)13-11(3,4)8(2)12/h6,8H,1-5H3,(H,13,16). The summed E-state index contributed by atoms with van der Waals surface area (Å²) >= 11 is 3.48. The Labute approximate surface area is 105 Å². The second-order valence-corrected chi connectivity index (χ2v) is 5.96. The summed E-state index contributed by atoms with van der Waals surface area (Å²) in [7, 11) is 1.77. The van der Waals surface area contributed by atoms with E-state index in [2.05, 4.69) is 26.3 Å². The number of alkyl halides is 1. The predicted octanol–water partition coefficient (Wildman–Crippen LogP) is 2.02. The van der Waals surface area contributed by atoms with Gasteiger partial charge in [0.15, 0.2) is 0 Å². The van der Waals surface area contributed by atoms with E-state index < -0.39 is 0 Å². The van der Waals surface area contributed by atoms with Gasteiger partial charge in [0, 0.05) is 17.4 Å². The monoisotopic (exact) mass is 287 g/mol. The van der Waals surface area contributed by atoms with Gasteiger partial charge in [-0.05, 0) is 26.8 Å². The molecule has 5 heteroatoms. The maximum absolute atomic E-state index is 12.0. The molecule has 0 saturated carbocycles. The summed E-state index contributed by atoms with van der Waals surface area (Å²) in [4.78, 5) is 12.2. The van der Waals surface area contributed by atoms with Gasteiger partial charge in [-0.3, -0.25) is 9.48 Å². The third kappa shape index (κ3) is 2.84. The summed E-state index contributed by atoms with van der Waals surface area (Å²) in [5.74, 6) is -0.0978. The van der Waals surface area contributed by atoms with Crippen LogP contribution in [-0.4, -0.2) is 26.1 Å². The number of aryl methyl sites for hydroxylation is 2. The third-order valence-corrected chi connectivity index (χ3v) is 3.81. The van der Waals surface area contributed by atoms with Crippen molar-refractivity contribution in [1.82, 2.24) is 15.1 Å². The van der Waals surface area contributed by atoms with Crippen molar-refractivity contribution >= 4 is 21.8 Å². The number of rotatable bonds is 3. The van der Waals surface area contributed by atoms with Crippen LogP contribution in [0.25, 0.3) is 0 Å². The molecule has 0 aliphatic heterocycles. The number of nitrogens with zero attached hydrogens (tertiary/aromatic N) is 2. The van der Waals surface area contributed by atoms with Gasteiger partial charge in [0.2, 0.25) is 0 Å². The van der Waals surface area contributed by atoms with Crippen LogP contribution in [0.1, 0.15) is 37.0 Å². The highest BCUT2D eigenvalue weighted by Crippen LogP contribution is 2.17. The average Bonchev–Trinajstić information content (AvgIpc) is 2.44. The molecule has 1 rings (SSSR count). The van der Waals surface area contributed by atoms with Gasteiger partial charge in [-0.1, -0.05) is 22.9 Å². The summed E-state index contributed by atoms with van der Waals surface area (Å²) < 4.78 is 1.60. The van der Waals surface area contributed by atoms with E-state index in [1.807, 2.05) is 27.7 Å². The molecular formula is C11H18BrN3O. The molecule has 1 amide bonds. The van der Waals surface area contributed by atoms with E-state index in [1.54, 1.807) is 17.8 Å². The first kappa shape index (κ1) is 13.2. The fraction of sp³-hybridized carbons (Fsp3) is 0.636. The maximum atomic E-state index is 12.0. The van der Waals surface area contributed by atoms with Crippen LogP contribution in [0.3, 0.4) is 0 Å². The Morgan fingerprint density at radius 1 is 1.62 bits per heavy atom. The van der Waals surface area contributed by atoms with Crippen molar-refractivity contribution in [3.8, 4) is 0 Å². The van der Waals surface area contributed by atoms with Crippen molar-refractivity contribution in [1.29, 1.82) is 0 Å². The van der Waals surface area contributed by atoms with Crippen LogP contribution >= 0.6 is 15.9 Å². The molecule has 0 radical (unpaired) electrons. The molecule has 0 saturated heterocycles. The maximum Gasteiger partial charge on any atom is 0.269 e. The lowest BCUT2D eigenvalue weighted by molar-refractivity contribution is 0.0904. The van der Waals surface area contributed by atoms with E-state index in [0.717, 1.165) is 5.69 Å². The Morgan fingerprint density at radius 3 is 2.56 bits per heavy atom. The molecule has 0 aromatic carbocycles. The smallest absolute Gasteiger partial charge is 0.269 e. The SMILES string of the molecule is Cc1cc(C(=O)NC(C)(C)C(C)Br)n(C)n1. The second-order valence-electron chi connectivity index (χ2n) is 4.59. The first-order valence-corrected chi connectivity index (χ1v) is 6.13. The van der Waals surface area contributed by atoms with Crippen molar-refractivity contribution in [3.63, 3.8) is 0 Å². The Bertz CT molecular complexity index is 396. The zero-order chi connectivity index (χ0) is 12.5. The highest BCUT2D eigenvalue weighted by Gasteiger charge is 2.27. The van der Waals surface area contributed by atoms with Crippen LogP contribution in [0, 0.1) is 6.92 Å². The van der Waals surface area contributed by atoms with Crippen molar-refractivity contribution in [2.75, 3.05) is 0 Å². The minimum absolute atomic E-state index is 0.0978. The number of halogens is 1. The highest BCUT2D eigenvalue weighted by atomic mass is 79.9. The van der Waals surface area contributed by atoms with Crippen LogP contribution in [0.15, 0.2) is 6.07 Å². The van der Waals surface area contributed by atoms with Crippen LogP contribution < -0.4 is 5.32 Å². The molecule has 1 unspecified atom stereocenters. The minimum Gasteiger partial charge on any atom is -0.345 e. The predicted molar refractivity (Wildman–Crippen MR) is 67.9 cm³/mol. The molecule has 90 valence electrons. The molecule has 1 N–H and O–H groups in total. The Morgan fingerprint density at radius 2 is 2.19 bits per heavy atom. The normalized spacial score (nSPS) is 13.6. The molecule has 4 nitrogen and oxygen atoms in total. The molecule has 1 aromatic heterocycles. The van der Waals surface area contributed by atoms with Gasteiger partial charge in [0.05, 0.1) is 5.69 Å². The van der Waals surface area contributed by atoms with Crippen LogP contribution in [0.2, 0.25) is 0 Å². The van der Waals surface area contributed by atoms with Gasteiger partial charge in [0.1, 0.15) is 5.69 Å². The van der Waals surface area contributed by atoms with Gasteiger partial charge in [0.25, 0.3) is 5.91 Å². The number of nitrogens with one attached hydrogen (secondary N) is 1. The zero-order valence-corrected chi connectivity index (χ0v) is 11.9. The van der Waals surface area contributed by atoms with Crippen LogP contribution in [0.4, 0.5) is 0 Å². The van der Waals surface area contributed by atoms with Crippen molar-refractivity contribution in [2.45, 2.75) is 38.1 Å². The first-order valence-electron chi connectivity index (χ1n) is 5.21. The van der Waals surface area contributed by atoms with E-state index in [0.29, 0.717) is 5.69 Å². The molecule has 0 bridgehead atoms. The third-order valence-electron chi connectivity index (χ3n) is 2.66. The van der Waals surface area contributed by atoms with E-state index in [1.165, 1.54) is 0 Å². The molecule has 1 atom stereocenters. The first-order chi connectivity index (χ1) is 7.24. The van der Waals surface area contributed by atoms with E-state index in [-0.39, 0.29) is 16.3 Å². The van der Waals surface area contributed by atoms with Gasteiger partial charge in [-0.2, -0.15) is 5.10 Å². The second kappa shape index (κ2) is 4.57. The van der Waals surface area contributed by atoms with Crippen LogP contribution in [-0.2, 0) is 7.05 Å². The van der Waals surface area contributed by atoms with Crippen molar-refractivity contribution < 1.29 is 4.79 Å².